The fraction of sp³-hybridized carbons (Fsp3) is 0.500. The predicted molar refractivity (Wildman–Crippen MR) is 120 cm³/mol. The smallest absolute Gasteiger partial charge is 0.164 e. The number of aromatic hydroxyl groups is 1. The third-order valence-electron chi connectivity index (χ3n) is 6.24. The predicted octanol–water partition coefficient (Wildman–Crippen LogP) is 4.67. The Morgan fingerprint density at radius 1 is 1.16 bits per heavy atom. The molecule has 0 bridgehead atoms. The second kappa shape index (κ2) is 9.63. The van der Waals surface area contributed by atoms with Crippen LogP contribution in [0.3, 0.4) is 0 Å². The Morgan fingerprint density at radius 2 is 1.87 bits per heavy atom. The monoisotopic (exact) mass is 451 g/mol. The van der Waals surface area contributed by atoms with Crippen LogP contribution < -0.4 is 9.47 Å². The zero-order valence-electron chi connectivity index (χ0n) is 18.3. The molecule has 0 aliphatic carbocycles. The van der Waals surface area contributed by atoms with E-state index in [0.29, 0.717) is 36.0 Å². The van der Waals surface area contributed by atoms with Gasteiger partial charge in [0.05, 0.1) is 24.3 Å². The van der Waals surface area contributed by atoms with Gasteiger partial charge in [-0.3, -0.25) is 0 Å². The average molecular weight is 452 g/mol. The van der Waals surface area contributed by atoms with E-state index in [1.165, 1.54) is 25.3 Å². The number of ether oxygens (including phenoxy) is 2. The molecule has 170 valence electrons. The number of methoxy groups -OCH3 is 1. The maximum Gasteiger partial charge on any atom is 0.164 e. The fourth-order valence-electron chi connectivity index (χ4n) is 4.19. The number of phenols is 1. The first kappa shape index (κ1) is 23.6. The zero-order chi connectivity index (χ0) is 22.6. The van der Waals surface area contributed by atoms with Crippen molar-refractivity contribution in [1.29, 1.82) is 0 Å². The maximum absolute atomic E-state index is 13.2. The first-order valence-electron chi connectivity index (χ1n) is 10.5. The Morgan fingerprint density at radius 3 is 2.52 bits per heavy atom. The van der Waals surface area contributed by atoms with Crippen LogP contribution in [-0.2, 0) is 6.42 Å². The lowest BCUT2D eigenvalue weighted by Gasteiger charge is -2.50. The number of rotatable bonds is 8. The molecular weight excluding hydrogens is 421 g/mol. The summed E-state index contributed by atoms with van der Waals surface area (Å²) in [6.45, 7) is 6.96. The number of nitrogens with zero attached hydrogens (tertiary/aromatic N) is 1. The van der Waals surface area contributed by atoms with E-state index in [-0.39, 0.29) is 17.0 Å². The molecule has 1 heterocycles. The van der Waals surface area contributed by atoms with Crippen molar-refractivity contribution in [1.82, 2.24) is 4.90 Å². The highest BCUT2D eigenvalue weighted by atomic mass is 35.5. The van der Waals surface area contributed by atoms with Crippen molar-refractivity contribution in [2.24, 2.45) is 5.41 Å². The van der Waals surface area contributed by atoms with Gasteiger partial charge >= 0.3 is 0 Å². The molecule has 0 aromatic heterocycles. The first-order chi connectivity index (χ1) is 14.6. The molecule has 31 heavy (non-hydrogen) atoms. The molecule has 0 radical (unpaired) electrons. The highest BCUT2D eigenvalue weighted by Gasteiger charge is 2.47. The van der Waals surface area contributed by atoms with Gasteiger partial charge in [0.15, 0.2) is 11.5 Å². The number of halogens is 2. The maximum atomic E-state index is 13.2. The molecule has 1 aliphatic heterocycles. The van der Waals surface area contributed by atoms with Gasteiger partial charge in [0.2, 0.25) is 0 Å². The van der Waals surface area contributed by atoms with Gasteiger partial charge in [0.1, 0.15) is 11.6 Å². The number of likely N-dealkylation sites (tertiary alicyclic amines) is 1. The summed E-state index contributed by atoms with van der Waals surface area (Å²) in [6, 6.07) is 9.36. The van der Waals surface area contributed by atoms with Crippen molar-refractivity contribution in [3.8, 4) is 17.2 Å². The molecular formula is C24H31ClFNO4. The molecule has 0 spiro atoms. The van der Waals surface area contributed by atoms with Gasteiger partial charge in [-0.2, -0.15) is 0 Å². The van der Waals surface area contributed by atoms with Crippen LogP contribution in [0.5, 0.6) is 17.2 Å². The molecule has 1 saturated heterocycles. The minimum absolute atomic E-state index is 0.0178. The van der Waals surface area contributed by atoms with Crippen LogP contribution in [0, 0.1) is 11.2 Å². The van der Waals surface area contributed by atoms with E-state index < -0.39 is 5.60 Å². The second-order valence-corrected chi connectivity index (χ2v) is 9.31. The number of hydrogen-bond donors (Lipinski definition) is 2. The van der Waals surface area contributed by atoms with E-state index in [1.807, 2.05) is 0 Å². The van der Waals surface area contributed by atoms with Gasteiger partial charge in [-0.15, -0.1) is 0 Å². The van der Waals surface area contributed by atoms with E-state index in [2.05, 4.69) is 18.7 Å². The number of phenolic OH excluding ortho intramolecular Hbond substituents is 1. The third-order valence-corrected chi connectivity index (χ3v) is 6.54. The van der Waals surface area contributed by atoms with Crippen LogP contribution in [0.2, 0.25) is 5.02 Å². The van der Waals surface area contributed by atoms with E-state index in [1.54, 1.807) is 18.2 Å². The number of aliphatic hydroxyl groups is 1. The number of hydrogen-bond acceptors (Lipinski definition) is 5. The van der Waals surface area contributed by atoms with Crippen LogP contribution >= 0.6 is 11.6 Å². The standard InChI is InChI=1S/C24H31ClFNO4/c1-23(2)16-27(11-9-24(23,29)15-17-5-7-18(26)8-6-17)10-4-12-31-22-14-21(30-3)19(25)13-20(22)28/h5-8,13-14,28-29H,4,9-12,15-16H2,1-3H3. The lowest BCUT2D eigenvalue weighted by molar-refractivity contribution is -0.118. The molecule has 0 amide bonds. The molecule has 1 unspecified atom stereocenters. The highest BCUT2D eigenvalue weighted by Crippen LogP contribution is 2.41. The summed E-state index contributed by atoms with van der Waals surface area (Å²) in [6.07, 6.45) is 1.93. The molecule has 1 atom stereocenters. The van der Waals surface area contributed by atoms with Gasteiger partial charge < -0.3 is 24.6 Å². The Labute approximate surface area is 188 Å². The summed E-state index contributed by atoms with van der Waals surface area (Å²) >= 11 is 5.99. The van der Waals surface area contributed by atoms with E-state index >= 15 is 0 Å². The number of benzene rings is 2. The minimum Gasteiger partial charge on any atom is -0.504 e. The topological polar surface area (TPSA) is 62.2 Å². The highest BCUT2D eigenvalue weighted by molar-refractivity contribution is 6.32. The Balaban J connectivity index is 1.51. The van der Waals surface area contributed by atoms with Gasteiger partial charge in [-0.25, -0.2) is 4.39 Å². The molecule has 1 aliphatic rings. The fourth-order valence-corrected chi connectivity index (χ4v) is 4.43. The summed E-state index contributed by atoms with van der Waals surface area (Å²) < 4.78 is 24.1. The minimum atomic E-state index is -0.844. The van der Waals surface area contributed by atoms with Crippen molar-refractivity contribution >= 4 is 11.6 Å². The molecule has 7 heteroatoms. The molecule has 2 aromatic carbocycles. The third kappa shape index (κ3) is 5.62. The lowest BCUT2D eigenvalue weighted by Crippen LogP contribution is -2.58. The van der Waals surface area contributed by atoms with Crippen LogP contribution in [0.4, 0.5) is 4.39 Å². The summed E-state index contributed by atoms with van der Waals surface area (Å²) in [4.78, 5) is 2.32. The second-order valence-electron chi connectivity index (χ2n) is 8.90. The van der Waals surface area contributed by atoms with Crippen LogP contribution in [0.25, 0.3) is 0 Å². The molecule has 0 saturated carbocycles. The Bertz CT molecular complexity index is 890. The SMILES string of the molecule is COc1cc(OCCCN2CCC(O)(Cc3ccc(F)cc3)C(C)(C)C2)c(O)cc1Cl. The summed E-state index contributed by atoms with van der Waals surface area (Å²) in [5.41, 5.74) is -0.219. The summed E-state index contributed by atoms with van der Waals surface area (Å²) in [5, 5.41) is 21.7. The number of piperidine rings is 1. The van der Waals surface area contributed by atoms with Crippen molar-refractivity contribution in [2.75, 3.05) is 33.4 Å². The quantitative estimate of drug-likeness (QED) is 0.571. The molecule has 5 nitrogen and oxygen atoms in total. The van der Waals surface area contributed by atoms with Gasteiger partial charge in [-0.1, -0.05) is 37.6 Å². The largest absolute Gasteiger partial charge is 0.504 e. The van der Waals surface area contributed by atoms with Crippen LogP contribution in [0.1, 0.15) is 32.3 Å². The Hall–Kier alpha value is -2.02. The summed E-state index contributed by atoms with van der Waals surface area (Å²) in [7, 11) is 1.51. The first-order valence-corrected chi connectivity index (χ1v) is 10.9. The van der Waals surface area contributed by atoms with E-state index in [9.17, 15) is 14.6 Å². The lowest BCUT2D eigenvalue weighted by atomic mass is 9.67. The molecule has 2 N–H and O–H groups in total. The summed E-state index contributed by atoms with van der Waals surface area (Å²) in [5.74, 6) is 0.509. The normalized spacial score (nSPS) is 21.1. The zero-order valence-corrected chi connectivity index (χ0v) is 19.1. The van der Waals surface area contributed by atoms with Gasteiger partial charge in [0, 0.05) is 43.6 Å². The van der Waals surface area contributed by atoms with Crippen molar-refractivity contribution in [3.05, 3.63) is 52.8 Å². The molecule has 3 rings (SSSR count). The van der Waals surface area contributed by atoms with Crippen molar-refractivity contribution in [3.63, 3.8) is 0 Å². The Kier molecular flexibility index (Phi) is 7.35. The van der Waals surface area contributed by atoms with Gasteiger partial charge in [-0.05, 0) is 30.5 Å². The van der Waals surface area contributed by atoms with Crippen molar-refractivity contribution in [2.45, 2.75) is 38.7 Å². The van der Waals surface area contributed by atoms with E-state index in [0.717, 1.165) is 31.6 Å². The molecule has 2 aromatic rings. The van der Waals surface area contributed by atoms with Gasteiger partial charge in [0.25, 0.3) is 0 Å². The van der Waals surface area contributed by atoms with Crippen LogP contribution in [0.15, 0.2) is 36.4 Å². The van der Waals surface area contributed by atoms with Crippen LogP contribution in [-0.4, -0.2) is 54.1 Å². The van der Waals surface area contributed by atoms with E-state index in [4.69, 9.17) is 21.1 Å². The van der Waals surface area contributed by atoms with Crippen molar-refractivity contribution < 1.29 is 24.1 Å². The molecule has 1 fully saturated rings. The average Bonchev–Trinajstić information content (AvgIpc) is 2.71.